The first-order valence-electron chi connectivity index (χ1n) is 8.93. The van der Waals surface area contributed by atoms with Crippen molar-refractivity contribution in [2.45, 2.75) is 20.0 Å². The summed E-state index contributed by atoms with van der Waals surface area (Å²) in [7, 11) is 0. The molecule has 154 valence electrons. The van der Waals surface area contributed by atoms with E-state index < -0.39 is 0 Å². The number of carbonyl (C=O) groups is 1. The van der Waals surface area contributed by atoms with Gasteiger partial charge >= 0.3 is 0 Å². The van der Waals surface area contributed by atoms with Gasteiger partial charge in [-0.15, -0.1) is 11.3 Å². The standard InChI is InChI=1S/C20H16Cl3N5OS/c1-12-5-19(26-28(12)10-15-16(22)3-2-4-17(15)23)25-20(29)18-6-13(11-30-18)8-27-9-14(21)7-24-27/h2-7,9,11H,8,10H2,1H3,(H,25,26,29). The van der Waals surface area contributed by atoms with Crippen molar-refractivity contribution in [1.29, 1.82) is 0 Å². The average molecular weight is 481 g/mol. The van der Waals surface area contributed by atoms with Crippen LogP contribution >= 0.6 is 46.1 Å². The third-order valence-corrected chi connectivity index (χ3v) is 6.30. The molecule has 6 nitrogen and oxygen atoms in total. The molecule has 3 heterocycles. The molecule has 0 aliphatic carbocycles. The van der Waals surface area contributed by atoms with Gasteiger partial charge in [-0.25, -0.2) is 0 Å². The summed E-state index contributed by atoms with van der Waals surface area (Å²) in [6.45, 7) is 2.87. The van der Waals surface area contributed by atoms with Crippen molar-refractivity contribution in [3.8, 4) is 0 Å². The molecule has 10 heteroatoms. The zero-order valence-electron chi connectivity index (χ0n) is 15.8. The maximum absolute atomic E-state index is 12.6. The molecule has 0 aliphatic heterocycles. The Bertz CT molecular complexity index is 1190. The second kappa shape index (κ2) is 8.81. The van der Waals surface area contributed by atoms with Crippen LogP contribution in [0.25, 0.3) is 0 Å². The summed E-state index contributed by atoms with van der Waals surface area (Å²) in [6.07, 6.45) is 3.32. The van der Waals surface area contributed by atoms with Crippen molar-refractivity contribution in [3.63, 3.8) is 0 Å². The fraction of sp³-hybridized carbons (Fsp3) is 0.150. The fourth-order valence-corrected chi connectivity index (χ4v) is 4.40. The Balaban J connectivity index is 1.45. The first-order valence-corrected chi connectivity index (χ1v) is 10.9. The smallest absolute Gasteiger partial charge is 0.266 e. The number of aryl methyl sites for hydroxylation is 1. The Morgan fingerprint density at radius 1 is 1.17 bits per heavy atom. The second-order valence-corrected chi connectivity index (χ2v) is 8.82. The Labute approximate surface area is 192 Å². The molecule has 4 aromatic rings. The number of thiophene rings is 1. The molecular weight excluding hydrogens is 465 g/mol. The van der Waals surface area contributed by atoms with E-state index >= 15 is 0 Å². The summed E-state index contributed by atoms with van der Waals surface area (Å²) in [5.74, 6) is 0.250. The lowest BCUT2D eigenvalue weighted by atomic mass is 10.2. The van der Waals surface area contributed by atoms with Gasteiger partial charge in [0.05, 0.1) is 29.2 Å². The van der Waals surface area contributed by atoms with Crippen LogP contribution in [0, 0.1) is 6.92 Å². The predicted octanol–water partition coefficient (Wildman–Crippen LogP) is 5.76. The van der Waals surface area contributed by atoms with E-state index in [0.29, 0.717) is 38.9 Å². The van der Waals surface area contributed by atoms with E-state index in [2.05, 4.69) is 15.5 Å². The summed E-state index contributed by atoms with van der Waals surface area (Å²) >= 11 is 19.8. The maximum Gasteiger partial charge on any atom is 0.266 e. The lowest BCUT2D eigenvalue weighted by molar-refractivity contribution is 0.103. The lowest BCUT2D eigenvalue weighted by Gasteiger charge is -2.08. The quantitative estimate of drug-likeness (QED) is 0.382. The summed E-state index contributed by atoms with van der Waals surface area (Å²) in [5.41, 5.74) is 2.63. The molecule has 0 unspecified atom stereocenters. The van der Waals surface area contributed by atoms with Crippen molar-refractivity contribution < 1.29 is 4.79 Å². The van der Waals surface area contributed by atoms with E-state index in [4.69, 9.17) is 34.8 Å². The molecule has 0 fully saturated rings. The summed E-state index contributed by atoms with van der Waals surface area (Å²) in [4.78, 5) is 13.2. The Morgan fingerprint density at radius 2 is 1.93 bits per heavy atom. The molecule has 1 amide bonds. The molecule has 0 bridgehead atoms. The first kappa shape index (κ1) is 20.9. The number of halogens is 3. The van der Waals surface area contributed by atoms with Crippen molar-refractivity contribution in [2.24, 2.45) is 0 Å². The van der Waals surface area contributed by atoms with Crippen LogP contribution in [0.3, 0.4) is 0 Å². The van der Waals surface area contributed by atoms with E-state index in [9.17, 15) is 4.79 Å². The third-order valence-electron chi connectivity index (χ3n) is 4.42. The van der Waals surface area contributed by atoms with Gasteiger partial charge in [0.25, 0.3) is 5.91 Å². The fourth-order valence-electron chi connectivity index (χ4n) is 2.93. The predicted molar refractivity (Wildman–Crippen MR) is 121 cm³/mol. The van der Waals surface area contributed by atoms with Gasteiger partial charge in [-0.3, -0.25) is 14.2 Å². The zero-order chi connectivity index (χ0) is 21.3. The lowest BCUT2D eigenvalue weighted by Crippen LogP contribution is -2.12. The van der Waals surface area contributed by atoms with E-state index in [1.54, 1.807) is 40.0 Å². The zero-order valence-corrected chi connectivity index (χ0v) is 18.9. The van der Waals surface area contributed by atoms with Crippen LogP contribution in [0.5, 0.6) is 0 Å². The molecule has 3 aromatic heterocycles. The molecule has 1 N–H and O–H groups in total. The number of nitrogens with one attached hydrogen (secondary N) is 1. The minimum atomic E-state index is -0.217. The van der Waals surface area contributed by atoms with Crippen molar-refractivity contribution >= 4 is 57.9 Å². The van der Waals surface area contributed by atoms with Gasteiger partial charge in [0, 0.05) is 33.6 Å². The largest absolute Gasteiger partial charge is 0.304 e. The number of anilines is 1. The number of hydrogen-bond acceptors (Lipinski definition) is 4. The van der Waals surface area contributed by atoms with Crippen molar-refractivity contribution in [3.05, 3.63) is 84.9 Å². The maximum atomic E-state index is 12.6. The molecule has 0 saturated carbocycles. The van der Waals surface area contributed by atoms with Gasteiger partial charge in [-0.2, -0.15) is 10.2 Å². The molecule has 1 aromatic carbocycles. The van der Waals surface area contributed by atoms with Crippen LogP contribution in [0.4, 0.5) is 5.82 Å². The summed E-state index contributed by atoms with van der Waals surface area (Å²) in [5, 5.41) is 15.1. The van der Waals surface area contributed by atoms with Crippen LogP contribution in [0.15, 0.2) is 48.1 Å². The Hall–Kier alpha value is -2.32. The van der Waals surface area contributed by atoms with Crippen LogP contribution in [-0.4, -0.2) is 25.5 Å². The molecular formula is C20H16Cl3N5OS. The highest BCUT2D eigenvalue weighted by Crippen LogP contribution is 2.26. The van der Waals surface area contributed by atoms with Crippen molar-refractivity contribution in [1.82, 2.24) is 19.6 Å². The second-order valence-electron chi connectivity index (χ2n) is 6.66. The van der Waals surface area contributed by atoms with Crippen molar-refractivity contribution in [2.75, 3.05) is 5.32 Å². The highest BCUT2D eigenvalue weighted by molar-refractivity contribution is 7.12. The van der Waals surface area contributed by atoms with E-state index in [1.807, 2.05) is 24.4 Å². The highest BCUT2D eigenvalue weighted by atomic mass is 35.5. The Kier molecular flexibility index (Phi) is 6.15. The SMILES string of the molecule is Cc1cc(NC(=O)c2cc(Cn3cc(Cl)cn3)cs2)nn1Cc1c(Cl)cccc1Cl. The van der Waals surface area contributed by atoms with E-state index in [-0.39, 0.29) is 5.91 Å². The minimum absolute atomic E-state index is 0.217. The number of hydrogen-bond donors (Lipinski definition) is 1. The number of carbonyl (C=O) groups excluding carboxylic acids is 1. The molecule has 4 rings (SSSR count). The topological polar surface area (TPSA) is 64.7 Å². The molecule has 30 heavy (non-hydrogen) atoms. The van der Waals surface area contributed by atoms with Gasteiger partial charge < -0.3 is 5.32 Å². The normalized spacial score (nSPS) is 11.1. The first-order chi connectivity index (χ1) is 14.4. The van der Waals surface area contributed by atoms with Gasteiger partial charge in [-0.1, -0.05) is 40.9 Å². The van der Waals surface area contributed by atoms with Gasteiger partial charge in [-0.05, 0) is 36.1 Å². The monoisotopic (exact) mass is 479 g/mol. The number of amides is 1. The molecule has 0 spiro atoms. The average Bonchev–Trinajstić information content (AvgIpc) is 3.40. The summed E-state index contributed by atoms with van der Waals surface area (Å²) < 4.78 is 3.47. The van der Waals surface area contributed by atoms with Gasteiger partial charge in [0.2, 0.25) is 0 Å². The molecule has 0 radical (unpaired) electrons. The highest BCUT2D eigenvalue weighted by Gasteiger charge is 2.14. The van der Waals surface area contributed by atoms with Gasteiger partial charge in [0.1, 0.15) is 0 Å². The van der Waals surface area contributed by atoms with Crippen LogP contribution in [0.1, 0.15) is 26.5 Å². The minimum Gasteiger partial charge on any atom is -0.304 e. The number of aromatic nitrogens is 4. The Morgan fingerprint density at radius 3 is 2.63 bits per heavy atom. The van der Waals surface area contributed by atoms with Crippen LogP contribution in [0.2, 0.25) is 15.1 Å². The molecule has 0 atom stereocenters. The van der Waals surface area contributed by atoms with Crippen LogP contribution in [-0.2, 0) is 13.1 Å². The summed E-state index contributed by atoms with van der Waals surface area (Å²) in [6, 6.07) is 9.02. The van der Waals surface area contributed by atoms with E-state index in [1.165, 1.54) is 11.3 Å². The number of nitrogens with zero attached hydrogens (tertiary/aromatic N) is 4. The van der Waals surface area contributed by atoms with Gasteiger partial charge in [0.15, 0.2) is 5.82 Å². The number of benzene rings is 1. The molecule has 0 saturated heterocycles. The number of rotatable bonds is 6. The van der Waals surface area contributed by atoms with E-state index in [0.717, 1.165) is 16.8 Å². The third kappa shape index (κ3) is 4.70. The molecule has 0 aliphatic rings. The van der Waals surface area contributed by atoms with Crippen LogP contribution < -0.4 is 5.32 Å².